The second-order valence-corrected chi connectivity index (χ2v) is 4.11. The van der Waals surface area contributed by atoms with Crippen LogP contribution in [0.5, 0.6) is 0 Å². The van der Waals surface area contributed by atoms with Crippen molar-refractivity contribution < 1.29 is 13.2 Å². The van der Waals surface area contributed by atoms with Gasteiger partial charge in [0.15, 0.2) is 0 Å². The van der Waals surface area contributed by atoms with Gasteiger partial charge in [-0.1, -0.05) is 5.92 Å². The predicted octanol–water partition coefficient (Wildman–Crippen LogP) is 2.10. The number of hydrogen-bond acceptors (Lipinski definition) is 2. The van der Waals surface area contributed by atoms with Crippen LogP contribution in [0.3, 0.4) is 0 Å². The molecule has 1 aliphatic heterocycles. The molecular weight excluding hydrogens is 241 g/mol. The van der Waals surface area contributed by atoms with E-state index in [1.165, 1.54) is 6.07 Å². The van der Waals surface area contributed by atoms with Gasteiger partial charge in [-0.3, -0.25) is 0 Å². The molecule has 1 heterocycles. The van der Waals surface area contributed by atoms with Gasteiger partial charge in [0, 0.05) is 37.4 Å². The quantitative estimate of drug-likeness (QED) is 0.772. The molecule has 1 aromatic rings. The lowest BCUT2D eigenvalue weighted by Crippen LogP contribution is -2.44. The summed E-state index contributed by atoms with van der Waals surface area (Å²) in [6, 6.07) is 4.05. The number of rotatable bonds is 1. The molecule has 1 aliphatic rings. The molecule has 0 aromatic heterocycles. The highest BCUT2D eigenvalue weighted by Crippen LogP contribution is 2.37. The van der Waals surface area contributed by atoms with E-state index in [2.05, 4.69) is 11.2 Å². The fourth-order valence-electron chi connectivity index (χ4n) is 2.03. The maximum absolute atomic E-state index is 13.0. The highest BCUT2D eigenvalue weighted by molar-refractivity contribution is 5.58. The molecule has 0 amide bonds. The Hall–Kier alpha value is -1.67. The van der Waals surface area contributed by atoms with Crippen molar-refractivity contribution in [3.63, 3.8) is 0 Å². The molecule has 0 saturated carbocycles. The molecule has 2 rings (SSSR count). The molecule has 0 unspecified atom stereocenters. The van der Waals surface area contributed by atoms with Gasteiger partial charge in [0.2, 0.25) is 0 Å². The summed E-state index contributed by atoms with van der Waals surface area (Å²) in [7, 11) is 0. The first-order chi connectivity index (χ1) is 8.52. The minimum atomic E-state index is -4.38. The lowest BCUT2D eigenvalue weighted by molar-refractivity contribution is -0.137. The van der Waals surface area contributed by atoms with Crippen molar-refractivity contribution in [1.29, 1.82) is 0 Å². The highest BCUT2D eigenvalue weighted by Gasteiger charge is 2.35. The Balaban J connectivity index is 2.42. The van der Waals surface area contributed by atoms with E-state index in [9.17, 15) is 13.2 Å². The number of terminal acetylenes is 1. The predicted molar refractivity (Wildman–Crippen MR) is 64.5 cm³/mol. The van der Waals surface area contributed by atoms with Crippen LogP contribution in [0.15, 0.2) is 18.2 Å². The molecule has 1 saturated heterocycles. The van der Waals surface area contributed by atoms with Crippen LogP contribution in [0.2, 0.25) is 0 Å². The van der Waals surface area contributed by atoms with Crippen molar-refractivity contribution in [2.75, 3.05) is 31.1 Å². The third-order valence-corrected chi connectivity index (χ3v) is 2.93. The van der Waals surface area contributed by atoms with E-state index in [0.717, 1.165) is 6.07 Å². The maximum Gasteiger partial charge on any atom is 0.418 e. The van der Waals surface area contributed by atoms with Crippen LogP contribution < -0.4 is 10.2 Å². The molecule has 0 aliphatic carbocycles. The standard InChI is InChI=1S/C13H13F3N2/c1-2-10-3-4-12(11(9-10)13(14,15)16)18-7-5-17-6-8-18/h1,3-4,9,17H,5-8H2. The largest absolute Gasteiger partial charge is 0.418 e. The second kappa shape index (κ2) is 4.91. The van der Waals surface area contributed by atoms with Crippen LogP contribution in [0.1, 0.15) is 11.1 Å². The van der Waals surface area contributed by atoms with Crippen LogP contribution in [-0.2, 0) is 6.18 Å². The number of benzene rings is 1. The minimum absolute atomic E-state index is 0.211. The Morgan fingerprint density at radius 3 is 2.44 bits per heavy atom. The van der Waals surface area contributed by atoms with Crippen LogP contribution >= 0.6 is 0 Å². The van der Waals surface area contributed by atoms with Crippen molar-refractivity contribution in [3.8, 4) is 12.3 Å². The first-order valence-corrected chi connectivity index (χ1v) is 5.66. The van der Waals surface area contributed by atoms with Gasteiger partial charge in [-0.2, -0.15) is 13.2 Å². The Bertz CT molecular complexity index is 468. The fourth-order valence-corrected chi connectivity index (χ4v) is 2.03. The molecule has 0 atom stereocenters. The monoisotopic (exact) mass is 254 g/mol. The van der Waals surface area contributed by atoms with Crippen LogP contribution in [0.25, 0.3) is 0 Å². The summed E-state index contributed by atoms with van der Waals surface area (Å²) < 4.78 is 39.0. The molecule has 96 valence electrons. The molecule has 0 spiro atoms. The molecule has 2 nitrogen and oxygen atoms in total. The van der Waals surface area contributed by atoms with Crippen molar-refractivity contribution >= 4 is 5.69 Å². The Kier molecular flexibility index (Phi) is 3.48. The van der Waals surface area contributed by atoms with E-state index in [4.69, 9.17) is 6.42 Å². The van der Waals surface area contributed by atoms with Gasteiger partial charge in [-0.05, 0) is 18.2 Å². The summed E-state index contributed by atoms with van der Waals surface area (Å²) >= 11 is 0. The summed E-state index contributed by atoms with van der Waals surface area (Å²) in [4.78, 5) is 1.74. The lowest BCUT2D eigenvalue weighted by Gasteiger charge is -2.31. The molecule has 0 bridgehead atoms. The summed E-state index contributed by atoms with van der Waals surface area (Å²) in [5.41, 5.74) is -0.191. The summed E-state index contributed by atoms with van der Waals surface area (Å²) in [6.07, 6.45) is 0.768. The average molecular weight is 254 g/mol. The average Bonchev–Trinajstić information content (AvgIpc) is 2.38. The van der Waals surface area contributed by atoms with E-state index in [1.807, 2.05) is 0 Å². The van der Waals surface area contributed by atoms with Gasteiger partial charge >= 0.3 is 6.18 Å². The summed E-state index contributed by atoms with van der Waals surface area (Å²) in [6.45, 7) is 2.51. The number of anilines is 1. The maximum atomic E-state index is 13.0. The van der Waals surface area contributed by atoms with Gasteiger partial charge in [0.05, 0.1) is 5.56 Å². The van der Waals surface area contributed by atoms with Crippen molar-refractivity contribution in [3.05, 3.63) is 29.3 Å². The van der Waals surface area contributed by atoms with Gasteiger partial charge in [0.25, 0.3) is 0 Å². The molecule has 0 radical (unpaired) electrons. The smallest absolute Gasteiger partial charge is 0.368 e. The third kappa shape index (κ3) is 2.59. The van der Waals surface area contributed by atoms with E-state index in [0.29, 0.717) is 26.2 Å². The molecule has 5 heteroatoms. The molecule has 1 fully saturated rings. The van der Waals surface area contributed by atoms with Crippen LogP contribution in [0, 0.1) is 12.3 Å². The van der Waals surface area contributed by atoms with Gasteiger partial charge in [-0.15, -0.1) is 6.42 Å². The highest BCUT2D eigenvalue weighted by atomic mass is 19.4. The lowest BCUT2D eigenvalue weighted by atomic mass is 10.1. The van der Waals surface area contributed by atoms with E-state index >= 15 is 0 Å². The topological polar surface area (TPSA) is 15.3 Å². The number of hydrogen-bond donors (Lipinski definition) is 1. The van der Waals surface area contributed by atoms with Crippen molar-refractivity contribution in [1.82, 2.24) is 5.32 Å². The van der Waals surface area contributed by atoms with Crippen LogP contribution in [-0.4, -0.2) is 26.2 Å². The molecule has 1 aromatic carbocycles. The molecule has 18 heavy (non-hydrogen) atoms. The fraction of sp³-hybridized carbons (Fsp3) is 0.385. The van der Waals surface area contributed by atoms with Crippen molar-refractivity contribution in [2.45, 2.75) is 6.18 Å². The zero-order valence-corrected chi connectivity index (χ0v) is 9.72. The van der Waals surface area contributed by atoms with Gasteiger partial charge in [0.1, 0.15) is 0 Å². The van der Waals surface area contributed by atoms with E-state index < -0.39 is 11.7 Å². The Labute approximate surface area is 104 Å². The van der Waals surface area contributed by atoms with E-state index in [-0.39, 0.29) is 11.3 Å². The van der Waals surface area contributed by atoms with Gasteiger partial charge in [-0.25, -0.2) is 0 Å². The van der Waals surface area contributed by atoms with E-state index in [1.54, 1.807) is 11.0 Å². The normalized spacial score (nSPS) is 16.4. The number of piperazine rings is 1. The van der Waals surface area contributed by atoms with Crippen LogP contribution in [0.4, 0.5) is 18.9 Å². The Morgan fingerprint density at radius 1 is 1.22 bits per heavy atom. The molecule has 1 N–H and O–H groups in total. The zero-order chi connectivity index (χ0) is 13.2. The van der Waals surface area contributed by atoms with Gasteiger partial charge < -0.3 is 10.2 Å². The number of nitrogens with one attached hydrogen (secondary N) is 1. The first-order valence-electron chi connectivity index (χ1n) is 5.66. The number of nitrogens with zero attached hydrogens (tertiary/aromatic N) is 1. The summed E-state index contributed by atoms with van der Waals surface area (Å²) in [5.74, 6) is 2.24. The Morgan fingerprint density at radius 2 is 1.89 bits per heavy atom. The van der Waals surface area contributed by atoms with Crippen molar-refractivity contribution in [2.24, 2.45) is 0 Å². The minimum Gasteiger partial charge on any atom is -0.368 e. The number of halogens is 3. The third-order valence-electron chi connectivity index (χ3n) is 2.93. The SMILES string of the molecule is C#Cc1ccc(N2CCNCC2)c(C(F)(F)F)c1. The zero-order valence-electron chi connectivity index (χ0n) is 9.72. The number of alkyl halides is 3. The molecular formula is C13H13F3N2. The second-order valence-electron chi connectivity index (χ2n) is 4.11. The first kappa shape index (κ1) is 12.8. The summed E-state index contributed by atoms with van der Waals surface area (Å²) in [5, 5.41) is 3.11.